The molecule has 7 nitrogen and oxygen atoms in total. The van der Waals surface area contributed by atoms with Crippen molar-refractivity contribution < 1.29 is 13.5 Å². The SMILES string of the molecule is C[C@H]1CCCN(S(=O)(=O)c2ccc(C(O)=C(C#N)c3nc4ccccc4n3C)cc2)C1. The molecule has 0 saturated carbocycles. The average Bonchev–Trinajstić information content (AvgIpc) is 3.11. The van der Waals surface area contributed by atoms with Crippen molar-refractivity contribution in [2.75, 3.05) is 13.1 Å². The number of hydrogen-bond donors (Lipinski definition) is 1. The van der Waals surface area contributed by atoms with E-state index in [1.807, 2.05) is 30.3 Å². The van der Waals surface area contributed by atoms with E-state index in [2.05, 4.69) is 11.9 Å². The van der Waals surface area contributed by atoms with Gasteiger partial charge in [0.2, 0.25) is 10.0 Å². The van der Waals surface area contributed by atoms with Gasteiger partial charge in [0.05, 0.1) is 15.9 Å². The van der Waals surface area contributed by atoms with Crippen LogP contribution in [0.3, 0.4) is 0 Å². The number of para-hydroxylation sites is 2. The summed E-state index contributed by atoms with van der Waals surface area (Å²) in [6, 6.07) is 15.5. The fraction of sp³-hybridized carbons (Fsp3) is 0.304. The largest absolute Gasteiger partial charge is 0.506 e. The molecule has 1 fully saturated rings. The van der Waals surface area contributed by atoms with Gasteiger partial charge in [-0.1, -0.05) is 19.1 Å². The van der Waals surface area contributed by atoms with Crippen molar-refractivity contribution in [2.24, 2.45) is 13.0 Å². The van der Waals surface area contributed by atoms with Gasteiger partial charge in [-0.05, 0) is 55.2 Å². The van der Waals surface area contributed by atoms with Crippen LogP contribution in [0.25, 0.3) is 22.4 Å². The van der Waals surface area contributed by atoms with Crippen LogP contribution in [0.15, 0.2) is 53.4 Å². The fourth-order valence-corrected chi connectivity index (χ4v) is 5.62. The van der Waals surface area contributed by atoms with Crippen molar-refractivity contribution in [3.63, 3.8) is 0 Å². The molecule has 8 heteroatoms. The quantitative estimate of drug-likeness (QED) is 0.493. The van der Waals surface area contributed by atoms with Crippen LogP contribution < -0.4 is 0 Å². The van der Waals surface area contributed by atoms with Crippen LogP contribution in [0.4, 0.5) is 0 Å². The van der Waals surface area contributed by atoms with E-state index < -0.39 is 10.0 Å². The Morgan fingerprint density at radius 1 is 1.19 bits per heavy atom. The van der Waals surface area contributed by atoms with Crippen LogP contribution in [0.5, 0.6) is 0 Å². The summed E-state index contributed by atoms with van der Waals surface area (Å²) >= 11 is 0. The maximum atomic E-state index is 13.0. The molecule has 2 heterocycles. The second-order valence-electron chi connectivity index (χ2n) is 7.95. The van der Waals surface area contributed by atoms with Crippen LogP contribution in [0.1, 0.15) is 31.2 Å². The number of aromatic nitrogens is 2. The molecule has 1 atom stereocenters. The molecule has 1 aliphatic rings. The highest BCUT2D eigenvalue weighted by Gasteiger charge is 2.28. The Morgan fingerprint density at radius 3 is 2.55 bits per heavy atom. The van der Waals surface area contributed by atoms with Gasteiger partial charge in [0.25, 0.3) is 0 Å². The first kappa shape index (κ1) is 21.1. The summed E-state index contributed by atoms with van der Waals surface area (Å²) in [4.78, 5) is 4.66. The van der Waals surface area contributed by atoms with Crippen molar-refractivity contribution in [3.05, 3.63) is 59.9 Å². The summed E-state index contributed by atoms with van der Waals surface area (Å²) in [7, 11) is -1.80. The van der Waals surface area contributed by atoms with E-state index in [9.17, 15) is 18.8 Å². The molecule has 0 unspecified atom stereocenters. The Morgan fingerprint density at radius 2 is 1.90 bits per heavy atom. The summed E-state index contributed by atoms with van der Waals surface area (Å²) in [5.41, 5.74) is 1.95. The monoisotopic (exact) mass is 436 g/mol. The number of nitrogens with zero attached hydrogens (tertiary/aromatic N) is 4. The van der Waals surface area contributed by atoms with Crippen molar-refractivity contribution in [1.82, 2.24) is 13.9 Å². The number of rotatable bonds is 4. The molecule has 2 aromatic carbocycles. The number of imidazole rings is 1. The van der Waals surface area contributed by atoms with Gasteiger partial charge >= 0.3 is 0 Å². The van der Waals surface area contributed by atoms with Gasteiger partial charge in [0, 0.05) is 25.7 Å². The Kier molecular flexibility index (Phi) is 5.56. The Hall–Kier alpha value is -3.15. The number of piperidine rings is 1. The van der Waals surface area contributed by atoms with Crippen molar-refractivity contribution in [3.8, 4) is 6.07 Å². The zero-order chi connectivity index (χ0) is 22.2. The van der Waals surface area contributed by atoms with Crippen LogP contribution in [0, 0.1) is 17.2 Å². The molecule has 31 heavy (non-hydrogen) atoms. The molecular weight excluding hydrogens is 412 g/mol. The molecule has 3 aromatic rings. The van der Waals surface area contributed by atoms with Crippen LogP contribution >= 0.6 is 0 Å². The lowest BCUT2D eigenvalue weighted by molar-refractivity contribution is 0.281. The second kappa shape index (κ2) is 8.17. The van der Waals surface area contributed by atoms with Crippen molar-refractivity contribution in [1.29, 1.82) is 5.26 Å². The first-order valence-corrected chi connectivity index (χ1v) is 11.6. The first-order chi connectivity index (χ1) is 14.8. The highest BCUT2D eigenvalue weighted by molar-refractivity contribution is 7.89. The fourth-order valence-electron chi connectivity index (χ4n) is 4.02. The van der Waals surface area contributed by atoms with Crippen molar-refractivity contribution in [2.45, 2.75) is 24.7 Å². The lowest BCUT2D eigenvalue weighted by atomic mass is 10.0. The zero-order valence-electron chi connectivity index (χ0n) is 17.5. The summed E-state index contributed by atoms with van der Waals surface area (Å²) in [5, 5.41) is 20.5. The van der Waals surface area contributed by atoms with E-state index in [-0.39, 0.29) is 16.2 Å². The van der Waals surface area contributed by atoms with Gasteiger partial charge in [-0.2, -0.15) is 9.57 Å². The lowest BCUT2D eigenvalue weighted by Crippen LogP contribution is -2.39. The number of nitriles is 1. The van der Waals surface area contributed by atoms with E-state index in [4.69, 9.17) is 0 Å². The molecule has 0 bridgehead atoms. The molecule has 0 aliphatic carbocycles. The molecule has 0 amide bonds. The maximum Gasteiger partial charge on any atom is 0.243 e. The predicted octanol–water partition coefficient (Wildman–Crippen LogP) is 3.94. The lowest BCUT2D eigenvalue weighted by Gasteiger charge is -2.30. The third kappa shape index (κ3) is 3.82. The molecular formula is C23H24N4O3S. The number of fused-ring (bicyclic) bond motifs is 1. The van der Waals surface area contributed by atoms with E-state index in [1.54, 1.807) is 11.6 Å². The normalized spacial score (nSPS) is 18.5. The van der Waals surface area contributed by atoms with Gasteiger partial charge in [0.15, 0.2) is 5.82 Å². The zero-order valence-corrected chi connectivity index (χ0v) is 18.3. The standard InChI is InChI=1S/C23H24N4O3S/c1-16-6-5-13-27(15-16)31(29,30)18-11-9-17(10-12-18)22(28)19(14-24)23-25-20-7-3-4-8-21(20)26(23)2/h3-4,7-12,16,28H,5-6,13,15H2,1-2H3/t16-/m0/s1. The number of aryl methyl sites for hydroxylation is 1. The molecule has 1 aliphatic heterocycles. The van der Waals surface area contributed by atoms with Gasteiger partial charge < -0.3 is 9.67 Å². The number of hydrogen-bond acceptors (Lipinski definition) is 5. The predicted molar refractivity (Wildman–Crippen MR) is 119 cm³/mol. The third-order valence-electron chi connectivity index (χ3n) is 5.74. The van der Waals surface area contributed by atoms with Crippen LogP contribution in [0.2, 0.25) is 0 Å². The molecule has 160 valence electrons. The third-order valence-corrected chi connectivity index (χ3v) is 7.62. The van der Waals surface area contributed by atoms with Crippen LogP contribution in [-0.4, -0.2) is 40.5 Å². The van der Waals surface area contributed by atoms with E-state index in [1.165, 1.54) is 28.6 Å². The number of benzene rings is 2. The Labute approximate surface area is 181 Å². The Bertz CT molecular complexity index is 1300. The minimum Gasteiger partial charge on any atom is -0.506 e. The molecule has 1 N–H and O–H groups in total. The van der Waals surface area contributed by atoms with Gasteiger partial charge in [0.1, 0.15) is 17.4 Å². The minimum absolute atomic E-state index is 0.0270. The first-order valence-electron chi connectivity index (χ1n) is 10.2. The molecule has 0 spiro atoms. The Balaban J connectivity index is 1.69. The second-order valence-corrected chi connectivity index (χ2v) is 9.89. The maximum absolute atomic E-state index is 13.0. The average molecular weight is 437 g/mol. The number of sulfonamides is 1. The van der Waals surface area contributed by atoms with E-state index in [0.717, 1.165) is 23.9 Å². The summed E-state index contributed by atoms with van der Waals surface area (Å²) in [6.07, 6.45) is 1.88. The van der Waals surface area contributed by atoms with Gasteiger partial charge in [-0.15, -0.1) is 0 Å². The smallest absolute Gasteiger partial charge is 0.243 e. The van der Waals surface area contributed by atoms with E-state index >= 15 is 0 Å². The van der Waals surface area contributed by atoms with Crippen molar-refractivity contribution >= 4 is 32.4 Å². The van der Waals surface area contributed by atoms with E-state index in [0.29, 0.717) is 30.4 Å². The topological polar surface area (TPSA) is 99.2 Å². The van der Waals surface area contributed by atoms with Gasteiger partial charge in [-0.25, -0.2) is 13.4 Å². The minimum atomic E-state index is -3.59. The molecule has 4 rings (SSSR count). The number of allylic oxidation sites excluding steroid dienone is 1. The highest BCUT2D eigenvalue weighted by Crippen LogP contribution is 2.28. The van der Waals surface area contributed by atoms with Crippen LogP contribution in [-0.2, 0) is 17.1 Å². The number of aliphatic hydroxyl groups is 1. The summed E-state index contributed by atoms with van der Waals surface area (Å²) in [6.45, 7) is 3.09. The molecule has 1 aromatic heterocycles. The van der Waals surface area contributed by atoms with Gasteiger partial charge in [-0.3, -0.25) is 0 Å². The summed E-state index contributed by atoms with van der Waals surface area (Å²) in [5.74, 6) is 0.443. The summed E-state index contributed by atoms with van der Waals surface area (Å²) < 4.78 is 29.2. The molecule has 0 radical (unpaired) electrons. The highest BCUT2D eigenvalue weighted by atomic mass is 32.2. The number of aliphatic hydroxyl groups excluding tert-OH is 1. The molecule has 1 saturated heterocycles.